The molecule has 4 heteroatoms. The van der Waals surface area contributed by atoms with E-state index in [0.717, 1.165) is 18.5 Å². The number of imidazole rings is 1. The highest BCUT2D eigenvalue weighted by Crippen LogP contribution is 2.35. The van der Waals surface area contributed by atoms with E-state index in [1.165, 1.54) is 101 Å². The van der Waals surface area contributed by atoms with Crippen molar-refractivity contribution < 1.29 is 0 Å². The zero-order valence-corrected chi connectivity index (χ0v) is 18.9. The Kier molecular flexibility index (Phi) is 6.42. The molecule has 0 radical (unpaired) electrons. The molecule has 2 atom stereocenters. The fraction of sp³-hybridized carbons (Fsp3) is 0.731. The van der Waals surface area contributed by atoms with E-state index >= 15 is 0 Å². The van der Waals surface area contributed by atoms with E-state index in [0.29, 0.717) is 12.1 Å². The molecule has 2 aliphatic heterocycles. The van der Waals surface area contributed by atoms with Crippen molar-refractivity contribution in [3.8, 4) is 0 Å². The van der Waals surface area contributed by atoms with Crippen molar-refractivity contribution in [1.82, 2.24) is 19.8 Å². The minimum absolute atomic E-state index is 0.435. The number of nitrogens with one attached hydrogen (secondary N) is 1. The molecule has 1 aromatic heterocycles. The van der Waals surface area contributed by atoms with Gasteiger partial charge in [-0.25, -0.2) is 4.98 Å². The van der Waals surface area contributed by atoms with Gasteiger partial charge < -0.3 is 14.8 Å². The van der Waals surface area contributed by atoms with Crippen molar-refractivity contribution in [2.75, 3.05) is 19.6 Å². The summed E-state index contributed by atoms with van der Waals surface area (Å²) in [7, 11) is 0. The Balaban J connectivity index is 1.30. The van der Waals surface area contributed by atoms with Gasteiger partial charge in [0.2, 0.25) is 0 Å². The van der Waals surface area contributed by atoms with Crippen LogP contribution in [0.1, 0.15) is 95.5 Å². The topological polar surface area (TPSA) is 33.1 Å². The Bertz CT molecular complexity index is 806. The second kappa shape index (κ2) is 9.40. The Morgan fingerprint density at radius 2 is 1.63 bits per heavy atom. The van der Waals surface area contributed by atoms with E-state index in [-0.39, 0.29) is 0 Å². The van der Waals surface area contributed by atoms with Crippen LogP contribution in [0.4, 0.5) is 0 Å². The van der Waals surface area contributed by atoms with Crippen molar-refractivity contribution in [2.45, 2.75) is 95.7 Å². The molecule has 0 spiro atoms. The predicted molar refractivity (Wildman–Crippen MR) is 125 cm³/mol. The number of rotatable bonds is 4. The van der Waals surface area contributed by atoms with Crippen molar-refractivity contribution in [3.63, 3.8) is 0 Å². The first-order valence-corrected chi connectivity index (χ1v) is 12.8. The van der Waals surface area contributed by atoms with Crippen molar-refractivity contribution in [3.05, 3.63) is 30.1 Å². The quantitative estimate of drug-likeness (QED) is 0.689. The molecule has 3 fully saturated rings. The highest BCUT2D eigenvalue weighted by atomic mass is 15.2. The first-order valence-electron chi connectivity index (χ1n) is 12.8. The lowest BCUT2D eigenvalue weighted by atomic mass is 9.85. The Morgan fingerprint density at radius 1 is 0.900 bits per heavy atom. The van der Waals surface area contributed by atoms with Crippen LogP contribution in [0.15, 0.2) is 24.3 Å². The normalized spacial score (nSPS) is 26.6. The molecule has 1 saturated carbocycles. The molecule has 0 bridgehead atoms. The van der Waals surface area contributed by atoms with Gasteiger partial charge in [0, 0.05) is 25.2 Å². The molecule has 2 saturated heterocycles. The lowest BCUT2D eigenvalue weighted by Gasteiger charge is -2.41. The van der Waals surface area contributed by atoms with Crippen LogP contribution in [-0.2, 0) is 0 Å². The molecule has 5 rings (SSSR count). The van der Waals surface area contributed by atoms with Crippen LogP contribution < -0.4 is 5.32 Å². The molecular weight excluding hydrogens is 368 g/mol. The van der Waals surface area contributed by atoms with E-state index in [1.54, 1.807) is 0 Å². The van der Waals surface area contributed by atoms with Gasteiger partial charge in [0.05, 0.1) is 17.1 Å². The molecule has 1 aromatic carbocycles. The van der Waals surface area contributed by atoms with Gasteiger partial charge in [-0.2, -0.15) is 0 Å². The van der Waals surface area contributed by atoms with Gasteiger partial charge in [0.25, 0.3) is 0 Å². The zero-order valence-electron chi connectivity index (χ0n) is 18.9. The maximum absolute atomic E-state index is 5.10. The number of hydrogen-bond donors (Lipinski definition) is 1. The maximum Gasteiger partial charge on any atom is 0.127 e. The van der Waals surface area contributed by atoms with Gasteiger partial charge in [-0.3, -0.25) is 0 Å². The number of piperidine rings is 1. The summed E-state index contributed by atoms with van der Waals surface area (Å²) in [5, 5.41) is 3.70. The van der Waals surface area contributed by atoms with Crippen LogP contribution in [0.3, 0.4) is 0 Å². The largest absolute Gasteiger partial charge is 0.323 e. The van der Waals surface area contributed by atoms with Crippen LogP contribution >= 0.6 is 0 Å². The van der Waals surface area contributed by atoms with Gasteiger partial charge in [-0.05, 0) is 70.0 Å². The average molecular weight is 409 g/mol. The van der Waals surface area contributed by atoms with Crippen molar-refractivity contribution >= 4 is 11.0 Å². The third-order valence-electron chi connectivity index (χ3n) is 8.27. The highest BCUT2D eigenvalue weighted by Gasteiger charge is 2.31. The van der Waals surface area contributed by atoms with Crippen molar-refractivity contribution in [1.29, 1.82) is 0 Å². The number of nitrogens with zero attached hydrogens (tertiary/aromatic N) is 3. The second-order valence-corrected chi connectivity index (χ2v) is 10.1. The van der Waals surface area contributed by atoms with Crippen LogP contribution in [0.25, 0.3) is 11.0 Å². The predicted octanol–water partition coefficient (Wildman–Crippen LogP) is 5.85. The minimum atomic E-state index is 0.435. The molecular formula is C26H40N4. The number of fused-ring (bicyclic) bond motifs is 1. The summed E-state index contributed by atoms with van der Waals surface area (Å²) >= 11 is 0. The third-order valence-corrected chi connectivity index (χ3v) is 8.27. The van der Waals surface area contributed by atoms with Gasteiger partial charge in [0.1, 0.15) is 5.82 Å². The smallest absolute Gasteiger partial charge is 0.127 e. The zero-order chi connectivity index (χ0) is 20.3. The number of para-hydroxylation sites is 2. The van der Waals surface area contributed by atoms with Crippen LogP contribution in [0.2, 0.25) is 0 Å². The number of benzene rings is 1. The van der Waals surface area contributed by atoms with Gasteiger partial charge in [-0.15, -0.1) is 0 Å². The number of hydrogen-bond acceptors (Lipinski definition) is 3. The minimum Gasteiger partial charge on any atom is -0.323 e. The molecule has 164 valence electrons. The summed E-state index contributed by atoms with van der Waals surface area (Å²) in [6, 6.07) is 10.6. The fourth-order valence-electron chi connectivity index (χ4n) is 6.42. The van der Waals surface area contributed by atoms with E-state index in [4.69, 9.17) is 4.98 Å². The van der Waals surface area contributed by atoms with Gasteiger partial charge in [-0.1, -0.05) is 44.2 Å². The van der Waals surface area contributed by atoms with E-state index in [1.807, 2.05) is 0 Å². The molecule has 1 N–H and O–H groups in total. The van der Waals surface area contributed by atoms with E-state index in [9.17, 15) is 0 Å². The third kappa shape index (κ3) is 4.18. The lowest BCUT2D eigenvalue weighted by molar-refractivity contribution is 0.0955. The molecule has 30 heavy (non-hydrogen) atoms. The Hall–Kier alpha value is -1.39. The molecule has 1 aliphatic carbocycles. The summed E-state index contributed by atoms with van der Waals surface area (Å²) in [6.45, 7) is 6.14. The molecule has 2 aromatic rings. The summed E-state index contributed by atoms with van der Waals surface area (Å²) in [5.74, 6) is 2.20. The summed E-state index contributed by atoms with van der Waals surface area (Å²) in [5.41, 5.74) is 2.51. The van der Waals surface area contributed by atoms with E-state index < -0.39 is 0 Å². The molecule has 0 amide bonds. The number of likely N-dealkylation sites (tertiary alicyclic amines) is 1. The van der Waals surface area contributed by atoms with Gasteiger partial charge >= 0.3 is 0 Å². The number of aromatic nitrogens is 2. The van der Waals surface area contributed by atoms with Crippen LogP contribution in [0.5, 0.6) is 0 Å². The van der Waals surface area contributed by atoms with E-state index in [2.05, 4.69) is 46.0 Å². The highest BCUT2D eigenvalue weighted by molar-refractivity contribution is 5.76. The maximum atomic E-state index is 5.10. The summed E-state index contributed by atoms with van der Waals surface area (Å²) < 4.78 is 2.62. The fourth-order valence-corrected chi connectivity index (χ4v) is 6.42. The Labute approximate surface area is 182 Å². The molecule has 3 aliphatic rings. The molecule has 4 nitrogen and oxygen atoms in total. The Morgan fingerprint density at radius 3 is 2.37 bits per heavy atom. The van der Waals surface area contributed by atoms with Crippen molar-refractivity contribution in [2.24, 2.45) is 5.92 Å². The molecule has 1 unspecified atom stereocenters. The SMILES string of the molecule is CC(C1CCCCCCC1)N1CCC(n2c([C@@H]3CCCN3)nc3ccccc32)CC1. The second-order valence-electron chi connectivity index (χ2n) is 10.1. The first kappa shape index (κ1) is 20.5. The standard InChI is InChI=1S/C26H40N4/c1-20(21-10-5-3-2-4-6-11-21)29-18-15-22(16-19-29)30-25-14-8-7-12-23(25)28-26(30)24-13-9-17-27-24/h7-8,12,14,20-22,24,27H,2-6,9-11,13,15-19H2,1H3/t20?,24-/m0/s1. The average Bonchev–Trinajstić information content (AvgIpc) is 3.41. The summed E-state index contributed by atoms with van der Waals surface area (Å²) in [4.78, 5) is 7.92. The monoisotopic (exact) mass is 408 g/mol. The van der Waals surface area contributed by atoms with Crippen LogP contribution in [-0.4, -0.2) is 40.1 Å². The van der Waals surface area contributed by atoms with Gasteiger partial charge in [0.15, 0.2) is 0 Å². The summed E-state index contributed by atoms with van der Waals surface area (Å²) in [6.07, 6.45) is 15.2. The molecule has 3 heterocycles. The lowest BCUT2D eigenvalue weighted by Crippen LogP contribution is -2.44. The van der Waals surface area contributed by atoms with Crippen LogP contribution in [0, 0.1) is 5.92 Å². The first-order chi connectivity index (χ1) is 14.8.